The van der Waals surface area contributed by atoms with Crippen LogP contribution in [-0.2, 0) is 4.79 Å². The lowest BCUT2D eigenvalue weighted by atomic mass is 10.1. The number of likely N-dealkylation sites (tertiary alicyclic amines) is 1. The molecule has 112 valence electrons. The van der Waals surface area contributed by atoms with Gasteiger partial charge in [-0.1, -0.05) is 12.1 Å². The largest absolute Gasteiger partial charge is 0.484 e. The van der Waals surface area contributed by atoms with E-state index < -0.39 is 0 Å². The average Bonchev–Trinajstić information content (AvgIpc) is 2.45. The Kier molecular flexibility index (Phi) is 6.82. The van der Waals surface area contributed by atoms with Crippen LogP contribution in [0.4, 0.5) is 0 Å². The van der Waals surface area contributed by atoms with Crippen LogP contribution in [0.25, 0.3) is 0 Å². The highest BCUT2D eigenvalue weighted by Crippen LogP contribution is 2.14. The Labute approximate surface area is 126 Å². The zero-order valence-corrected chi connectivity index (χ0v) is 12.9. The van der Waals surface area contributed by atoms with E-state index >= 15 is 0 Å². The van der Waals surface area contributed by atoms with Gasteiger partial charge in [0.2, 0.25) is 0 Å². The smallest absolute Gasteiger partial charge is 0.260 e. The number of hydrogen-bond acceptors (Lipinski definition) is 3. The van der Waals surface area contributed by atoms with Crippen molar-refractivity contribution in [2.24, 2.45) is 0 Å². The summed E-state index contributed by atoms with van der Waals surface area (Å²) in [5.41, 5.74) is 1.14. The maximum absolute atomic E-state index is 12.0. The van der Waals surface area contributed by atoms with E-state index in [9.17, 15) is 4.79 Å². The van der Waals surface area contributed by atoms with Gasteiger partial charge in [-0.2, -0.15) is 0 Å². The summed E-state index contributed by atoms with van der Waals surface area (Å²) < 4.78 is 5.55. The number of ether oxygens (including phenoxy) is 1. The molecule has 0 spiro atoms. The molecule has 1 heterocycles. The predicted molar refractivity (Wildman–Crippen MR) is 82.6 cm³/mol. The van der Waals surface area contributed by atoms with E-state index in [0.29, 0.717) is 6.04 Å². The van der Waals surface area contributed by atoms with Crippen LogP contribution >= 0.6 is 12.4 Å². The first-order valence-corrected chi connectivity index (χ1v) is 6.83. The fourth-order valence-corrected chi connectivity index (χ4v) is 2.36. The van der Waals surface area contributed by atoms with Gasteiger partial charge < -0.3 is 15.0 Å². The molecule has 2 rings (SSSR count). The lowest BCUT2D eigenvalue weighted by molar-refractivity contribution is -0.134. The fraction of sp³-hybridized carbons (Fsp3) is 0.533. The Morgan fingerprint density at radius 3 is 2.70 bits per heavy atom. The van der Waals surface area contributed by atoms with Gasteiger partial charge in [-0.05, 0) is 44.5 Å². The van der Waals surface area contributed by atoms with Gasteiger partial charge in [0, 0.05) is 19.1 Å². The molecule has 4 nitrogen and oxygen atoms in total. The van der Waals surface area contributed by atoms with E-state index in [4.69, 9.17) is 4.74 Å². The number of piperidine rings is 1. The lowest BCUT2D eigenvalue weighted by Gasteiger charge is -2.31. The number of amides is 1. The number of carbonyl (C=O) groups is 1. The standard InChI is InChI=1S/C15H22N2O2.ClH/c1-12-4-3-5-14(10-12)19-11-15(18)17-8-6-13(16-2)7-9-17;/h3-5,10,13,16H,6-9,11H2,1-2H3;1H. The zero-order valence-electron chi connectivity index (χ0n) is 12.1. The number of carbonyl (C=O) groups excluding carboxylic acids is 1. The minimum Gasteiger partial charge on any atom is -0.484 e. The van der Waals surface area contributed by atoms with E-state index in [1.165, 1.54) is 0 Å². The van der Waals surface area contributed by atoms with E-state index in [1.54, 1.807) is 0 Å². The maximum atomic E-state index is 12.0. The average molecular weight is 299 g/mol. The van der Waals surface area contributed by atoms with Crippen molar-refractivity contribution in [2.75, 3.05) is 26.7 Å². The highest BCUT2D eigenvalue weighted by atomic mass is 35.5. The van der Waals surface area contributed by atoms with Crippen molar-refractivity contribution in [2.45, 2.75) is 25.8 Å². The molecule has 1 saturated heterocycles. The van der Waals surface area contributed by atoms with Crippen molar-refractivity contribution in [3.63, 3.8) is 0 Å². The van der Waals surface area contributed by atoms with Crippen LogP contribution in [0.1, 0.15) is 18.4 Å². The van der Waals surface area contributed by atoms with Gasteiger partial charge in [-0.25, -0.2) is 0 Å². The number of aryl methyl sites for hydroxylation is 1. The van der Waals surface area contributed by atoms with Gasteiger partial charge in [0.15, 0.2) is 6.61 Å². The SMILES string of the molecule is CNC1CCN(C(=O)COc2cccc(C)c2)CC1.Cl. The number of nitrogens with zero attached hydrogens (tertiary/aromatic N) is 1. The monoisotopic (exact) mass is 298 g/mol. The molecule has 0 radical (unpaired) electrons. The number of nitrogens with one attached hydrogen (secondary N) is 1. The molecule has 1 aliphatic rings. The van der Waals surface area contributed by atoms with Crippen LogP contribution in [0.5, 0.6) is 5.75 Å². The van der Waals surface area contributed by atoms with E-state index in [1.807, 2.05) is 43.1 Å². The summed E-state index contributed by atoms with van der Waals surface area (Å²) in [5, 5.41) is 3.26. The zero-order chi connectivity index (χ0) is 13.7. The van der Waals surface area contributed by atoms with Gasteiger partial charge in [-0.3, -0.25) is 4.79 Å². The summed E-state index contributed by atoms with van der Waals surface area (Å²) in [4.78, 5) is 13.9. The number of benzene rings is 1. The molecule has 0 saturated carbocycles. The molecule has 1 fully saturated rings. The Morgan fingerprint density at radius 1 is 1.40 bits per heavy atom. The molecule has 0 aliphatic carbocycles. The van der Waals surface area contributed by atoms with Crippen LogP contribution in [0.2, 0.25) is 0 Å². The Balaban J connectivity index is 0.00000200. The lowest BCUT2D eigenvalue weighted by Crippen LogP contribution is -2.45. The van der Waals surface area contributed by atoms with Crippen molar-refractivity contribution in [1.29, 1.82) is 0 Å². The first-order valence-electron chi connectivity index (χ1n) is 6.83. The summed E-state index contributed by atoms with van der Waals surface area (Å²) in [6.07, 6.45) is 2.04. The first kappa shape index (κ1) is 16.8. The Bertz CT molecular complexity index is 432. The summed E-state index contributed by atoms with van der Waals surface area (Å²) in [6.45, 7) is 3.79. The maximum Gasteiger partial charge on any atom is 0.260 e. The highest BCUT2D eigenvalue weighted by molar-refractivity contribution is 5.85. The van der Waals surface area contributed by atoms with Gasteiger partial charge in [0.25, 0.3) is 5.91 Å². The normalized spacial score (nSPS) is 15.6. The second kappa shape index (κ2) is 8.12. The molecule has 1 aromatic rings. The van der Waals surface area contributed by atoms with Gasteiger partial charge >= 0.3 is 0 Å². The van der Waals surface area contributed by atoms with Crippen molar-refractivity contribution >= 4 is 18.3 Å². The number of rotatable bonds is 4. The minimum atomic E-state index is 0. The number of halogens is 1. The third-order valence-corrected chi connectivity index (χ3v) is 3.61. The van der Waals surface area contributed by atoms with Crippen LogP contribution in [-0.4, -0.2) is 43.6 Å². The van der Waals surface area contributed by atoms with E-state index in [0.717, 1.165) is 37.2 Å². The second-order valence-electron chi connectivity index (χ2n) is 5.05. The summed E-state index contributed by atoms with van der Waals surface area (Å²) >= 11 is 0. The van der Waals surface area contributed by atoms with Crippen molar-refractivity contribution in [1.82, 2.24) is 10.2 Å². The van der Waals surface area contributed by atoms with Gasteiger partial charge in [0.05, 0.1) is 0 Å². The van der Waals surface area contributed by atoms with Crippen molar-refractivity contribution < 1.29 is 9.53 Å². The fourth-order valence-electron chi connectivity index (χ4n) is 2.36. The van der Waals surface area contributed by atoms with Gasteiger partial charge in [0.1, 0.15) is 5.75 Å². The first-order chi connectivity index (χ1) is 9.19. The molecule has 1 aromatic carbocycles. The topological polar surface area (TPSA) is 41.6 Å². The van der Waals surface area contributed by atoms with Crippen LogP contribution in [0, 0.1) is 6.92 Å². The van der Waals surface area contributed by atoms with Crippen molar-refractivity contribution in [3.8, 4) is 5.75 Å². The number of hydrogen-bond donors (Lipinski definition) is 1. The predicted octanol–water partition coefficient (Wildman–Crippen LogP) is 2.01. The molecule has 0 unspecified atom stereocenters. The highest BCUT2D eigenvalue weighted by Gasteiger charge is 2.21. The molecule has 5 heteroatoms. The molecule has 0 bridgehead atoms. The van der Waals surface area contributed by atoms with Crippen LogP contribution in [0.3, 0.4) is 0 Å². The molecule has 1 amide bonds. The molecule has 1 aliphatic heterocycles. The Hall–Kier alpha value is -1.26. The minimum absolute atomic E-state index is 0. The second-order valence-corrected chi connectivity index (χ2v) is 5.05. The molecule has 0 aromatic heterocycles. The van der Waals surface area contributed by atoms with E-state index in [-0.39, 0.29) is 24.9 Å². The van der Waals surface area contributed by atoms with Crippen LogP contribution in [0.15, 0.2) is 24.3 Å². The molecule has 0 atom stereocenters. The quantitative estimate of drug-likeness (QED) is 0.924. The Morgan fingerprint density at radius 2 is 2.10 bits per heavy atom. The molecular weight excluding hydrogens is 276 g/mol. The third kappa shape index (κ3) is 4.69. The third-order valence-electron chi connectivity index (χ3n) is 3.61. The summed E-state index contributed by atoms with van der Waals surface area (Å²) in [5.74, 6) is 0.842. The molecular formula is C15H23ClN2O2. The summed E-state index contributed by atoms with van der Waals surface area (Å²) in [7, 11) is 1.98. The molecule has 20 heavy (non-hydrogen) atoms. The van der Waals surface area contributed by atoms with Crippen molar-refractivity contribution in [3.05, 3.63) is 29.8 Å². The summed E-state index contributed by atoms with van der Waals surface area (Å²) in [6, 6.07) is 8.32. The van der Waals surface area contributed by atoms with E-state index in [2.05, 4.69) is 5.32 Å². The molecule has 1 N–H and O–H groups in total. The van der Waals surface area contributed by atoms with Crippen LogP contribution < -0.4 is 10.1 Å². The van der Waals surface area contributed by atoms with Gasteiger partial charge in [-0.15, -0.1) is 12.4 Å².